The van der Waals surface area contributed by atoms with Crippen LogP contribution in [0.5, 0.6) is 0 Å². The summed E-state index contributed by atoms with van der Waals surface area (Å²) in [5.41, 5.74) is 0. The molecule has 7 heteroatoms. The van der Waals surface area contributed by atoms with Gasteiger partial charge in [0.15, 0.2) is 0 Å². The third-order valence-corrected chi connectivity index (χ3v) is 2.02. The Morgan fingerprint density at radius 3 is 2.13 bits per heavy atom. The molecular weight excluding hydrogens is 215 g/mol. The first kappa shape index (κ1) is 13.7. The van der Waals surface area contributed by atoms with Gasteiger partial charge in [-0.05, 0) is 5.92 Å². The lowest BCUT2D eigenvalue weighted by Crippen LogP contribution is -2.49. The van der Waals surface area contributed by atoms with Crippen LogP contribution in [0.4, 0.5) is 13.2 Å². The summed E-state index contributed by atoms with van der Waals surface area (Å²) >= 11 is 0. The Labute approximate surface area is 84.5 Å². The number of amides is 1. The molecular formula is C8H12F3NO3. The van der Waals surface area contributed by atoms with Crippen LogP contribution in [0.15, 0.2) is 0 Å². The van der Waals surface area contributed by atoms with Crippen molar-refractivity contribution in [2.45, 2.75) is 32.5 Å². The predicted octanol–water partition coefficient (Wildman–Crippen LogP) is 1.16. The Morgan fingerprint density at radius 2 is 1.87 bits per heavy atom. The molecule has 0 saturated carbocycles. The molecule has 0 aromatic heterocycles. The highest BCUT2D eigenvalue weighted by Crippen LogP contribution is 2.16. The zero-order valence-corrected chi connectivity index (χ0v) is 8.26. The highest BCUT2D eigenvalue weighted by atomic mass is 19.4. The molecule has 0 bridgehead atoms. The molecule has 2 atom stereocenters. The Hall–Kier alpha value is -1.27. The average molecular weight is 227 g/mol. The van der Waals surface area contributed by atoms with E-state index in [0.717, 1.165) is 0 Å². The minimum absolute atomic E-state index is 0.356. The van der Waals surface area contributed by atoms with Gasteiger partial charge >= 0.3 is 18.1 Å². The van der Waals surface area contributed by atoms with Gasteiger partial charge < -0.3 is 10.4 Å². The normalized spacial score (nSPS) is 15.5. The van der Waals surface area contributed by atoms with Crippen LogP contribution in [0.25, 0.3) is 0 Å². The first-order chi connectivity index (χ1) is 6.70. The monoisotopic (exact) mass is 227 g/mol. The number of hydrogen-bond donors (Lipinski definition) is 2. The number of halogens is 3. The zero-order valence-electron chi connectivity index (χ0n) is 8.26. The molecule has 0 aromatic rings. The number of alkyl halides is 3. The first-order valence-corrected chi connectivity index (χ1v) is 4.30. The third-order valence-electron chi connectivity index (χ3n) is 2.02. The number of rotatable bonds is 4. The van der Waals surface area contributed by atoms with E-state index in [1.54, 1.807) is 6.92 Å². The van der Waals surface area contributed by atoms with E-state index in [2.05, 4.69) is 0 Å². The van der Waals surface area contributed by atoms with E-state index in [0.29, 0.717) is 6.42 Å². The number of carboxylic acid groups (broad SMARTS) is 1. The van der Waals surface area contributed by atoms with E-state index in [1.807, 2.05) is 0 Å². The van der Waals surface area contributed by atoms with Gasteiger partial charge in [-0.1, -0.05) is 20.3 Å². The molecule has 0 radical (unpaired) electrons. The predicted molar refractivity (Wildman–Crippen MR) is 45.1 cm³/mol. The van der Waals surface area contributed by atoms with E-state index >= 15 is 0 Å². The van der Waals surface area contributed by atoms with Crippen molar-refractivity contribution in [3.05, 3.63) is 0 Å². The Bertz CT molecular complexity index is 252. The lowest BCUT2D eigenvalue weighted by molar-refractivity contribution is -0.176. The van der Waals surface area contributed by atoms with Crippen molar-refractivity contribution in [2.24, 2.45) is 5.92 Å². The van der Waals surface area contributed by atoms with Crippen LogP contribution in [-0.4, -0.2) is 29.2 Å². The maximum atomic E-state index is 11.8. The van der Waals surface area contributed by atoms with Crippen LogP contribution in [0.3, 0.4) is 0 Å². The fraction of sp³-hybridized carbons (Fsp3) is 0.750. The molecule has 1 amide bonds. The van der Waals surface area contributed by atoms with Crippen molar-refractivity contribution in [3.8, 4) is 0 Å². The molecule has 4 nitrogen and oxygen atoms in total. The molecule has 0 heterocycles. The molecule has 88 valence electrons. The lowest BCUT2D eigenvalue weighted by atomic mass is 9.99. The van der Waals surface area contributed by atoms with Gasteiger partial charge in [0, 0.05) is 0 Å². The fourth-order valence-corrected chi connectivity index (χ4v) is 0.906. The summed E-state index contributed by atoms with van der Waals surface area (Å²) in [4.78, 5) is 21.1. The summed E-state index contributed by atoms with van der Waals surface area (Å²) in [6.07, 6.45) is -4.70. The molecule has 0 aliphatic carbocycles. The summed E-state index contributed by atoms with van der Waals surface area (Å²) in [5, 5.41) is 10.1. The highest BCUT2D eigenvalue weighted by molar-refractivity contribution is 5.87. The third kappa shape index (κ3) is 4.18. The van der Waals surface area contributed by atoms with Gasteiger partial charge in [-0.3, -0.25) is 4.79 Å². The van der Waals surface area contributed by atoms with E-state index in [1.165, 1.54) is 12.2 Å². The quantitative estimate of drug-likeness (QED) is 0.757. The second-order valence-electron chi connectivity index (χ2n) is 3.17. The topological polar surface area (TPSA) is 66.4 Å². The molecule has 0 aliphatic heterocycles. The van der Waals surface area contributed by atoms with Crippen LogP contribution in [0.1, 0.15) is 20.3 Å². The summed E-state index contributed by atoms with van der Waals surface area (Å²) in [6, 6.07) is -1.51. The van der Waals surface area contributed by atoms with E-state index < -0.39 is 30.0 Å². The largest absolute Gasteiger partial charge is 0.480 e. The molecule has 0 aromatic carbocycles. The fourth-order valence-electron chi connectivity index (χ4n) is 0.906. The zero-order chi connectivity index (χ0) is 12.2. The van der Waals surface area contributed by atoms with Gasteiger partial charge in [-0.15, -0.1) is 0 Å². The molecule has 0 rings (SSSR count). The molecule has 0 aliphatic rings. The number of aliphatic carboxylic acids is 1. The average Bonchev–Trinajstić information content (AvgIpc) is 2.10. The number of carbonyl (C=O) groups excluding carboxylic acids is 1. The summed E-state index contributed by atoms with van der Waals surface area (Å²) in [7, 11) is 0. The van der Waals surface area contributed by atoms with Crippen LogP contribution >= 0.6 is 0 Å². The number of carboxylic acids is 1. The number of nitrogens with one attached hydrogen (secondary N) is 1. The second-order valence-corrected chi connectivity index (χ2v) is 3.17. The van der Waals surface area contributed by atoms with Crippen molar-refractivity contribution >= 4 is 11.9 Å². The standard InChI is InChI=1S/C8H12F3NO3/c1-3-4(2)5(6(13)14)12-7(15)8(9,10)11/h4-5H,3H2,1-2H3,(H,12,15)(H,13,14)/t4-,5-/m1/s1. The molecule has 0 unspecified atom stereocenters. The van der Waals surface area contributed by atoms with Crippen LogP contribution in [0, 0.1) is 5.92 Å². The van der Waals surface area contributed by atoms with Gasteiger partial charge in [-0.25, -0.2) is 4.79 Å². The molecule has 15 heavy (non-hydrogen) atoms. The SMILES string of the molecule is CC[C@@H](C)[C@@H](NC(=O)C(F)(F)F)C(=O)O. The maximum Gasteiger partial charge on any atom is 0.471 e. The van der Waals surface area contributed by atoms with Crippen molar-refractivity contribution in [1.82, 2.24) is 5.32 Å². The van der Waals surface area contributed by atoms with Gasteiger partial charge in [0.25, 0.3) is 0 Å². The van der Waals surface area contributed by atoms with E-state index in [4.69, 9.17) is 5.11 Å². The molecule has 0 spiro atoms. The van der Waals surface area contributed by atoms with E-state index in [9.17, 15) is 22.8 Å². The van der Waals surface area contributed by atoms with Crippen molar-refractivity contribution in [1.29, 1.82) is 0 Å². The van der Waals surface area contributed by atoms with E-state index in [-0.39, 0.29) is 0 Å². The number of hydrogen-bond acceptors (Lipinski definition) is 2. The Morgan fingerprint density at radius 1 is 1.40 bits per heavy atom. The van der Waals surface area contributed by atoms with Crippen LogP contribution < -0.4 is 5.32 Å². The van der Waals surface area contributed by atoms with Crippen LogP contribution in [0.2, 0.25) is 0 Å². The minimum Gasteiger partial charge on any atom is -0.480 e. The molecule has 2 N–H and O–H groups in total. The van der Waals surface area contributed by atoms with Gasteiger partial charge in [0.2, 0.25) is 0 Å². The number of carbonyl (C=O) groups is 2. The van der Waals surface area contributed by atoms with Gasteiger partial charge in [0.1, 0.15) is 6.04 Å². The van der Waals surface area contributed by atoms with Gasteiger partial charge in [-0.2, -0.15) is 13.2 Å². The Kier molecular flexibility index (Phi) is 4.57. The van der Waals surface area contributed by atoms with Crippen molar-refractivity contribution < 1.29 is 27.9 Å². The molecule has 0 saturated heterocycles. The molecule has 0 fully saturated rings. The first-order valence-electron chi connectivity index (χ1n) is 4.30. The summed E-state index contributed by atoms with van der Waals surface area (Å²) < 4.78 is 35.5. The highest BCUT2D eigenvalue weighted by Gasteiger charge is 2.41. The maximum absolute atomic E-state index is 11.8. The minimum atomic E-state index is -5.05. The van der Waals surface area contributed by atoms with Crippen LogP contribution in [-0.2, 0) is 9.59 Å². The van der Waals surface area contributed by atoms with Gasteiger partial charge in [0.05, 0.1) is 0 Å². The van der Waals surface area contributed by atoms with Crippen molar-refractivity contribution in [2.75, 3.05) is 0 Å². The summed E-state index contributed by atoms with van der Waals surface area (Å²) in [6.45, 7) is 3.08. The second kappa shape index (κ2) is 4.99. The van der Waals surface area contributed by atoms with Crippen molar-refractivity contribution in [3.63, 3.8) is 0 Å². The summed E-state index contributed by atoms with van der Waals surface area (Å²) in [5.74, 6) is -4.26. The Balaban J connectivity index is 4.57. The smallest absolute Gasteiger partial charge is 0.471 e. The lowest BCUT2D eigenvalue weighted by Gasteiger charge is -2.20.